The van der Waals surface area contributed by atoms with Crippen molar-refractivity contribution in [2.75, 3.05) is 12.5 Å². The number of hydrogen-bond donors (Lipinski definition) is 0. The summed E-state index contributed by atoms with van der Waals surface area (Å²) < 4.78 is 5.43. The first-order valence-electron chi connectivity index (χ1n) is 5.85. The molecule has 0 saturated heterocycles. The molecule has 2 heteroatoms. The van der Waals surface area contributed by atoms with Crippen LogP contribution in [0.15, 0.2) is 61.2 Å². The van der Waals surface area contributed by atoms with Gasteiger partial charge in [-0.1, -0.05) is 49.0 Å². The molecule has 0 atom stereocenters. The number of benzene rings is 2. The number of ether oxygens (including phenoxy) is 1. The number of rotatable bonds is 5. The minimum absolute atomic E-state index is 0.498. The Kier molecular flexibility index (Phi) is 4.43. The lowest BCUT2D eigenvalue weighted by Gasteiger charge is -2.08. The van der Waals surface area contributed by atoms with Gasteiger partial charge in [-0.2, -0.15) is 0 Å². The lowest BCUT2D eigenvalue weighted by molar-refractivity contribution is 0.343. The summed E-state index contributed by atoms with van der Waals surface area (Å²) in [5, 5.41) is 0. The molecule has 0 radical (unpaired) electrons. The van der Waals surface area contributed by atoms with E-state index < -0.39 is 0 Å². The molecular formula is C16H15ClO. The van der Waals surface area contributed by atoms with Crippen LogP contribution in [0.1, 0.15) is 11.1 Å². The van der Waals surface area contributed by atoms with Crippen LogP contribution in [0, 0.1) is 0 Å². The minimum Gasteiger partial charge on any atom is -0.492 e. The van der Waals surface area contributed by atoms with Crippen LogP contribution >= 0.6 is 11.6 Å². The Morgan fingerprint density at radius 3 is 2.17 bits per heavy atom. The maximum absolute atomic E-state index is 5.57. The molecule has 92 valence electrons. The number of hydrogen-bond acceptors (Lipinski definition) is 1. The predicted octanol–water partition coefficient (Wildman–Crippen LogP) is 4.37. The molecule has 0 fully saturated rings. The van der Waals surface area contributed by atoms with E-state index in [1.54, 1.807) is 0 Å². The van der Waals surface area contributed by atoms with Crippen molar-refractivity contribution in [1.82, 2.24) is 0 Å². The Balaban J connectivity index is 2.12. The van der Waals surface area contributed by atoms with Crippen LogP contribution in [0.3, 0.4) is 0 Å². The molecule has 0 aliphatic rings. The Bertz CT molecular complexity index is 502. The van der Waals surface area contributed by atoms with Crippen LogP contribution in [-0.4, -0.2) is 12.5 Å². The average molecular weight is 259 g/mol. The predicted molar refractivity (Wildman–Crippen MR) is 77.2 cm³/mol. The van der Waals surface area contributed by atoms with Gasteiger partial charge in [0.15, 0.2) is 0 Å². The van der Waals surface area contributed by atoms with Crippen molar-refractivity contribution in [2.24, 2.45) is 0 Å². The first kappa shape index (κ1) is 12.7. The van der Waals surface area contributed by atoms with Crippen molar-refractivity contribution in [3.8, 4) is 5.75 Å². The van der Waals surface area contributed by atoms with Crippen molar-refractivity contribution >= 4 is 17.2 Å². The Hall–Kier alpha value is -1.73. The highest BCUT2D eigenvalue weighted by atomic mass is 35.5. The molecule has 0 aromatic heterocycles. The van der Waals surface area contributed by atoms with Crippen LogP contribution in [0.25, 0.3) is 5.57 Å². The maximum atomic E-state index is 5.57. The molecule has 1 nitrogen and oxygen atoms in total. The molecule has 0 spiro atoms. The average Bonchev–Trinajstić information content (AvgIpc) is 2.46. The van der Waals surface area contributed by atoms with Crippen molar-refractivity contribution in [3.63, 3.8) is 0 Å². The zero-order chi connectivity index (χ0) is 12.8. The fourth-order valence-electron chi connectivity index (χ4n) is 1.71. The monoisotopic (exact) mass is 258 g/mol. The van der Waals surface area contributed by atoms with Crippen LogP contribution < -0.4 is 4.74 Å². The molecule has 0 bridgehead atoms. The molecule has 0 amide bonds. The van der Waals surface area contributed by atoms with E-state index in [0.29, 0.717) is 12.5 Å². The summed E-state index contributed by atoms with van der Waals surface area (Å²) in [6.45, 7) is 4.65. The van der Waals surface area contributed by atoms with Gasteiger partial charge in [0.1, 0.15) is 12.4 Å². The summed E-state index contributed by atoms with van der Waals surface area (Å²) in [4.78, 5) is 0. The van der Waals surface area contributed by atoms with Crippen LogP contribution in [0.5, 0.6) is 5.75 Å². The zero-order valence-electron chi connectivity index (χ0n) is 10.1. The van der Waals surface area contributed by atoms with Crippen LogP contribution in [0.4, 0.5) is 0 Å². The molecular weight excluding hydrogens is 244 g/mol. The smallest absolute Gasteiger partial charge is 0.119 e. The second-order valence-corrected chi connectivity index (χ2v) is 4.28. The second kappa shape index (κ2) is 6.27. The SMILES string of the molecule is C=C(c1ccccc1)c1ccc(OCCCl)cc1. The van der Waals surface area contributed by atoms with E-state index >= 15 is 0 Å². The number of alkyl halides is 1. The standard InChI is InChI=1S/C16H15ClO/c1-13(14-5-3-2-4-6-14)15-7-9-16(10-8-15)18-12-11-17/h2-10H,1,11-12H2. The van der Waals surface area contributed by atoms with E-state index in [4.69, 9.17) is 16.3 Å². The fourth-order valence-corrected chi connectivity index (χ4v) is 1.79. The Labute approximate surface area is 113 Å². The summed E-state index contributed by atoms with van der Waals surface area (Å²) in [6, 6.07) is 18.0. The molecule has 0 heterocycles. The van der Waals surface area contributed by atoms with Gasteiger partial charge in [0.05, 0.1) is 5.88 Å². The summed E-state index contributed by atoms with van der Waals surface area (Å²) in [7, 11) is 0. The van der Waals surface area contributed by atoms with Gasteiger partial charge < -0.3 is 4.74 Å². The highest BCUT2D eigenvalue weighted by molar-refractivity contribution is 6.18. The molecule has 0 aliphatic carbocycles. The topological polar surface area (TPSA) is 9.23 Å². The lowest BCUT2D eigenvalue weighted by Crippen LogP contribution is -1.97. The fraction of sp³-hybridized carbons (Fsp3) is 0.125. The Morgan fingerprint density at radius 2 is 1.56 bits per heavy atom. The minimum atomic E-state index is 0.498. The van der Waals surface area contributed by atoms with E-state index in [0.717, 1.165) is 22.4 Å². The highest BCUT2D eigenvalue weighted by Gasteiger charge is 2.02. The summed E-state index contributed by atoms with van der Waals surface area (Å²) in [5.74, 6) is 1.33. The van der Waals surface area contributed by atoms with Gasteiger partial charge in [0.25, 0.3) is 0 Å². The molecule has 2 aromatic carbocycles. The van der Waals surface area contributed by atoms with Crippen molar-refractivity contribution in [1.29, 1.82) is 0 Å². The third-order valence-electron chi connectivity index (χ3n) is 2.67. The molecule has 0 N–H and O–H groups in total. The lowest BCUT2D eigenvalue weighted by atomic mass is 10.00. The summed E-state index contributed by atoms with van der Waals surface area (Å²) in [6.07, 6.45) is 0. The molecule has 0 unspecified atom stereocenters. The number of halogens is 1. The van der Waals surface area contributed by atoms with Gasteiger partial charge >= 0.3 is 0 Å². The maximum Gasteiger partial charge on any atom is 0.119 e. The summed E-state index contributed by atoms with van der Waals surface area (Å²) >= 11 is 5.57. The summed E-state index contributed by atoms with van der Waals surface area (Å²) in [5.41, 5.74) is 3.24. The van der Waals surface area contributed by atoms with Gasteiger partial charge in [0.2, 0.25) is 0 Å². The highest BCUT2D eigenvalue weighted by Crippen LogP contribution is 2.23. The van der Waals surface area contributed by atoms with Crippen molar-refractivity contribution < 1.29 is 4.74 Å². The molecule has 0 saturated carbocycles. The van der Waals surface area contributed by atoms with E-state index in [-0.39, 0.29) is 0 Å². The van der Waals surface area contributed by atoms with Crippen LogP contribution in [0.2, 0.25) is 0 Å². The zero-order valence-corrected chi connectivity index (χ0v) is 10.9. The first-order valence-corrected chi connectivity index (χ1v) is 6.38. The van der Waals surface area contributed by atoms with Gasteiger partial charge in [-0.25, -0.2) is 0 Å². The van der Waals surface area contributed by atoms with Crippen LogP contribution in [-0.2, 0) is 0 Å². The van der Waals surface area contributed by atoms with Gasteiger partial charge in [-0.15, -0.1) is 11.6 Å². The van der Waals surface area contributed by atoms with E-state index in [2.05, 4.69) is 18.7 Å². The van der Waals surface area contributed by atoms with Crippen molar-refractivity contribution in [3.05, 3.63) is 72.3 Å². The van der Waals surface area contributed by atoms with Crippen molar-refractivity contribution in [2.45, 2.75) is 0 Å². The van der Waals surface area contributed by atoms with Gasteiger partial charge in [-0.05, 0) is 28.8 Å². The van der Waals surface area contributed by atoms with E-state index in [1.807, 2.05) is 42.5 Å². The molecule has 2 rings (SSSR count). The van der Waals surface area contributed by atoms with Gasteiger partial charge in [0, 0.05) is 0 Å². The molecule has 0 aliphatic heterocycles. The first-order chi connectivity index (χ1) is 8.81. The van der Waals surface area contributed by atoms with E-state index in [1.165, 1.54) is 0 Å². The third-order valence-corrected chi connectivity index (χ3v) is 2.83. The normalized spacial score (nSPS) is 10.1. The van der Waals surface area contributed by atoms with Gasteiger partial charge in [-0.3, -0.25) is 0 Å². The Morgan fingerprint density at radius 1 is 0.944 bits per heavy atom. The molecule has 2 aromatic rings. The molecule has 18 heavy (non-hydrogen) atoms. The quantitative estimate of drug-likeness (QED) is 0.724. The third kappa shape index (κ3) is 3.14. The largest absolute Gasteiger partial charge is 0.492 e. The van der Waals surface area contributed by atoms with E-state index in [9.17, 15) is 0 Å². The second-order valence-electron chi connectivity index (χ2n) is 3.91.